The Morgan fingerprint density at radius 3 is 2.89 bits per heavy atom. The summed E-state index contributed by atoms with van der Waals surface area (Å²) in [5.74, 6) is 0.929. The summed E-state index contributed by atoms with van der Waals surface area (Å²) in [6, 6.07) is 4.72. The number of hydrogen-bond donors (Lipinski definition) is 0. The van der Waals surface area contributed by atoms with Crippen molar-refractivity contribution in [3.63, 3.8) is 0 Å². The minimum absolute atomic E-state index is 0.00352. The topological polar surface area (TPSA) is 20.3 Å². The van der Waals surface area contributed by atoms with E-state index >= 15 is 0 Å². The molecule has 2 nitrogen and oxygen atoms in total. The van der Waals surface area contributed by atoms with Crippen LogP contribution in [0.5, 0.6) is 0 Å². The van der Waals surface area contributed by atoms with Crippen LogP contribution in [0.25, 0.3) is 0 Å². The molecule has 1 amide bonds. The average Bonchev–Trinajstić information content (AvgIpc) is 3.09. The van der Waals surface area contributed by atoms with Crippen molar-refractivity contribution in [3.8, 4) is 0 Å². The number of hydrogen-bond acceptors (Lipinski definition) is 2. The zero-order chi connectivity index (χ0) is 12.7. The highest BCUT2D eigenvalue weighted by Crippen LogP contribution is 2.42. The standard InChI is InChI=1S/C13H13ClFNOS/c14-10-5-9(3-4-11(10)15)13-16(6-8-1-2-8)12(17)7-18-13/h3-5,8,13H,1-2,6-7H2. The monoisotopic (exact) mass is 285 g/mol. The Bertz CT molecular complexity index is 492. The first-order valence-electron chi connectivity index (χ1n) is 6.01. The summed E-state index contributed by atoms with van der Waals surface area (Å²) >= 11 is 7.40. The zero-order valence-electron chi connectivity index (χ0n) is 9.73. The number of carbonyl (C=O) groups is 1. The lowest BCUT2D eigenvalue weighted by Crippen LogP contribution is -2.30. The van der Waals surface area contributed by atoms with Gasteiger partial charge in [0.05, 0.1) is 10.8 Å². The molecule has 1 saturated carbocycles. The molecule has 2 aliphatic rings. The van der Waals surface area contributed by atoms with Crippen LogP contribution in [-0.2, 0) is 4.79 Å². The molecule has 5 heteroatoms. The van der Waals surface area contributed by atoms with Crippen molar-refractivity contribution in [2.45, 2.75) is 18.2 Å². The van der Waals surface area contributed by atoms with Gasteiger partial charge in [0.15, 0.2) is 0 Å². The smallest absolute Gasteiger partial charge is 0.233 e. The molecule has 2 fully saturated rings. The van der Waals surface area contributed by atoms with Gasteiger partial charge in [-0.3, -0.25) is 4.79 Å². The van der Waals surface area contributed by atoms with Gasteiger partial charge in [-0.15, -0.1) is 11.8 Å². The fourth-order valence-electron chi connectivity index (χ4n) is 2.17. The van der Waals surface area contributed by atoms with E-state index in [1.165, 1.54) is 18.9 Å². The zero-order valence-corrected chi connectivity index (χ0v) is 11.3. The van der Waals surface area contributed by atoms with Gasteiger partial charge in [-0.1, -0.05) is 17.7 Å². The number of halogens is 2. The van der Waals surface area contributed by atoms with Gasteiger partial charge in [0.25, 0.3) is 0 Å². The van der Waals surface area contributed by atoms with Crippen molar-refractivity contribution in [1.29, 1.82) is 0 Å². The Labute approximate surface area is 114 Å². The van der Waals surface area contributed by atoms with Crippen LogP contribution < -0.4 is 0 Å². The molecule has 0 aromatic heterocycles. The van der Waals surface area contributed by atoms with Crippen LogP contribution in [0.15, 0.2) is 18.2 Å². The van der Waals surface area contributed by atoms with Crippen LogP contribution in [0.1, 0.15) is 23.8 Å². The van der Waals surface area contributed by atoms with Gasteiger partial charge < -0.3 is 4.90 Å². The van der Waals surface area contributed by atoms with Crippen LogP contribution >= 0.6 is 23.4 Å². The van der Waals surface area contributed by atoms with E-state index in [9.17, 15) is 9.18 Å². The lowest BCUT2D eigenvalue weighted by molar-refractivity contribution is -0.128. The van der Waals surface area contributed by atoms with E-state index in [0.29, 0.717) is 11.7 Å². The van der Waals surface area contributed by atoms with Gasteiger partial charge >= 0.3 is 0 Å². The van der Waals surface area contributed by atoms with Crippen molar-refractivity contribution >= 4 is 29.3 Å². The van der Waals surface area contributed by atoms with Crippen molar-refractivity contribution in [3.05, 3.63) is 34.6 Å². The highest BCUT2D eigenvalue weighted by Gasteiger charge is 2.36. The summed E-state index contributed by atoms with van der Waals surface area (Å²) in [6.45, 7) is 0.825. The summed E-state index contributed by atoms with van der Waals surface area (Å²) in [5, 5.41) is 0.120. The third-order valence-electron chi connectivity index (χ3n) is 3.35. The number of carbonyl (C=O) groups excluding carboxylic acids is 1. The Balaban J connectivity index is 1.84. The molecule has 1 saturated heterocycles. The third kappa shape index (κ3) is 2.36. The SMILES string of the molecule is O=C1CSC(c2ccc(F)c(Cl)c2)N1CC1CC1. The summed E-state index contributed by atoms with van der Waals surface area (Å²) in [4.78, 5) is 13.8. The second-order valence-electron chi connectivity index (χ2n) is 4.83. The van der Waals surface area contributed by atoms with Crippen molar-refractivity contribution in [1.82, 2.24) is 4.90 Å². The quantitative estimate of drug-likeness (QED) is 0.848. The molecular formula is C13H13ClFNOS. The van der Waals surface area contributed by atoms with E-state index < -0.39 is 5.82 Å². The molecule has 1 aliphatic heterocycles. The molecule has 1 atom stereocenters. The molecular weight excluding hydrogens is 273 g/mol. The molecule has 0 N–H and O–H groups in total. The first kappa shape index (κ1) is 12.3. The number of amides is 1. The molecule has 0 bridgehead atoms. The number of nitrogens with zero attached hydrogens (tertiary/aromatic N) is 1. The molecule has 1 heterocycles. The summed E-state index contributed by atoms with van der Waals surface area (Å²) in [7, 11) is 0. The molecule has 3 rings (SSSR count). The van der Waals surface area contributed by atoms with Crippen LogP contribution in [0, 0.1) is 11.7 Å². The van der Waals surface area contributed by atoms with Gasteiger partial charge in [0.1, 0.15) is 11.2 Å². The average molecular weight is 286 g/mol. The van der Waals surface area contributed by atoms with Crippen LogP contribution in [0.3, 0.4) is 0 Å². The fourth-order valence-corrected chi connectivity index (χ4v) is 3.55. The van der Waals surface area contributed by atoms with Gasteiger partial charge in [-0.25, -0.2) is 4.39 Å². The highest BCUT2D eigenvalue weighted by molar-refractivity contribution is 8.00. The van der Waals surface area contributed by atoms with E-state index in [4.69, 9.17) is 11.6 Å². The van der Waals surface area contributed by atoms with E-state index in [-0.39, 0.29) is 16.3 Å². The predicted octanol–water partition coefficient (Wildman–Crippen LogP) is 3.46. The molecule has 1 aliphatic carbocycles. The van der Waals surface area contributed by atoms with E-state index in [1.807, 2.05) is 4.90 Å². The molecule has 0 radical (unpaired) electrons. The number of rotatable bonds is 3. The second-order valence-corrected chi connectivity index (χ2v) is 6.30. The summed E-state index contributed by atoms with van der Waals surface area (Å²) in [6.07, 6.45) is 2.43. The first-order chi connectivity index (χ1) is 8.65. The first-order valence-corrected chi connectivity index (χ1v) is 7.44. The molecule has 0 spiro atoms. The van der Waals surface area contributed by atoms with Gasteiger partial charge in [0, 0.05) is 6.54 Å². The molecule has 18 heavy (non-hydrogen) atoms. The summed E-state index contributed by atoms with van der Waals surface area (Å²) < 4.78 is 13.2. The minimum Gasteiger partial charge on any atom is -0.326 e. The predicted molar refractivity (Wildman–Crippen MR) is 71.0 cm³/mol. The van der Waals surface area contributed by atoms with Crippen molar-refractivity contribution in [2.75, 3.05) is 12.3 Å². The Kier molecular flexibility index (Phi) is 3.24. The maximum absolute atomic E-state index is 13.2. The largest absolute Gasteiger partial charge is 0.326 e. The lowest BCUT2D eigenvalue weighted by Gasteiger charge is -2.24. The maximum atomic E-state index is 13.2. The fraction of sp³-hybridized carbons (Fsp3) is 0.462. The minimum atomic E-state index is -0.413. The van der Waals surface area contributed by atoms with E-state index in [1.54, 1.807) is 23.9 Å². The molecule has 1 unspecified atom stereocenters. The highest BCUT2D eigenvalue weighted by atomic mass is 35.5. The Morgan fingerprint density at radius 1 is 1.44 bits per heavy atom. The lowest BCUT2D eigenvalue weighted by atomic mass is 10.2. The number of thioether (sulfide) groups is 1. The van der Waals surface area contributed by atoms with E-state index in [2.05, 4.69) is 0 Å². The molecule has 96 valence electrons. The molecule has 1 aromatic rings. The van der Waals surface area contributed by atoms with Crippen molar-refractivity contribution in [2.24, 2.45) is 5.92 Å². The van der Waals surface area contributed by atoms with Gasteiger partial charge in [-0.05, 0) is 36.5 Å². The maximum Gasteiger partial charge on any atom is 0.233 e. The third-order valence-corrected chi connectivity index (χ3v) is 4.89. The van der Waals surface area contributed by atoms with Gasteiger partial charge in [-0.2, -0.15) is 0 Å². The van der Waals surface area contributed by atoms with Crippen LogP contribution in [0.4, 0.5) is 4.39 Å². The Morgan fingerprint density at radius 2 is 2.22 bits per heavy atom. The second kappa shape index (κ2) is 4.74. The molecule has 1 aromatic carbocycles. The van der Waals surface area contributed by atoms with Crippen LogP contribution in [0.2, 0.25) is 5.02 Å². The Hall–Kier alpha value is -0.740. The van der Waals surface area contributed by atoms with Crippen molar-refractivity contribution < 1.29 is 9.18 Å². The number of benzene rings is 1. The summed E-state index contributed by atoms with van der Waals surface area (Å²) in [5.41, 5.74) is 0.915. The van der Waals surface area contributed by atoms with Crippen LogP contribution in [-0.4, -0.2) is 23.1 Å². The van der Waals surface area contributed by atoms with Gasteiger partial charge in [0.2, 0.25) is 5.91 Å². The van der Waals surface area contributed by atoms with E-state index in [0.717, 1.165) is 12.1 Å². The normalized spacial score (nSPS) is 23.8.